The van der Waals surface area contributed by atoms with Gasteiger partial charge >= 0.3 is 0 Å². The molecule has 1 aliphatic carbocycles. The fourth-order valence-corrected chi connectivity index (χ4v) is 2.38. The second-order valence-corrected chi connectivity index (χ2v) is 4.70. The third-order valence-electron chi connectivity index (χ3n) is 3.33. The van der Waals surface area contributed by atoms with Gasteiger partial charge in [0.15, 0.2) is 0 Å². The van der Waals surface area contributed by atoms with Crippen molar-refractivity contribution < 1.29 is 4.74 Å². The highest BCUT2D eigenvalue weighted by Crippen LogP contribution is 2.39. The molecule has 2 fully saturated rings. The quantitative estimate of drug-likeness (QED) is 0.841. The molecule has 0 bridgehead atoms. The van der Waals surface area contributed by atoms with Crippen LogP contribution in [0.3, 0.4) is 0 Å². The van der Waals surface area contributed by atoms with Crippen molar-refractivity contribution in [2.75, 3.05) is 11.9 Å². The van der Waals surface area contributed by atoms with E-state index in [4.69, 9.17) is 4.74 Å². The minimum atomic E-state index is 0.398. The molecule has 2 aliphatic rings. The molecule has 2 heterocycles. The highest BCUT2D eigenvalue weighted by Gasteiger charge is 2.40. The molecule has 0 radical (unpaired) electrons. The van der Waals surface area contributed by atoms with Gasteiger partial charge in [-0.15, -0.1) is 0 Å². The van der Waals surface area contributed by atoms with Gasteiger partial charge in [0.25, 0.3) is 0 Å². The van der Waals surface area contributed by atoms with Crippen molar-refractivity contribution in [2.45, 2.75) is 38.3 Å². The van der Waals surface area contributed by atoms with Gasteiger partial charge in [-0.2, -0.15) is 0 Å². The normalized spacial score (nSPS) is 29.3. The molecule has 1 aromatic rings. The van der Waals surface area contributed by atoms with Crippen LogP contribution in [0.5, 0.6) is 0 Å². The lowest BCUT2D eigenvalue weighted by Crippen LogP contribution is -2.31. The summed E-state index contributed by atoms with van der Waals surface area (Å²) in [6, 6.07) is 2.36. The largest absolute Gasteiger partial charge is 0.376 e. The SMILES string of the molecule is Cc1nccc(NC2CCOC2C2CC2)n1. The highest BCUT2D eigenvalue weighted by atomic mass is 16.5. The maximum atomic E-state index is 5.79. The van der Waals surface area contributed by atoms with Gasteiger partial charge in [0, 0.05) is 12.8 Å². The fraction of sp³-hybridized carbons (Fsp3) is 0.667. The Kier molecular flexibility index (Phi) is 2.52. The summed E-state index contributed by atoms with van der Waals surface area (Å²) in [6.45, 7) is 2.79. The maximum Gasteiger partial charge on any atom is 0.129 e. The molecule has 0 spiro atoms. The molecular weight excluding hydrogens is 202 g/mol. The molecule has 1 saturated carbocycles. The predicted molar refractivity (Wildman–Crippen MR) is 61.3 cm³/mol. The number of aromatic nitrogens is 2. The lowest BCUT2D eigenvalue weighted by molar-refractivity contribution is 0.0898. The van der Waals surface area contributed by atoms with Crippen molar-refractivity contribution in [2.24, 2.45) is 5.92 Å². The predicted octanol–water partition coefficient (Wildman–Crippen LogP) is 1.76. The van der Waals surface area contributed by atoms with Crippen molar-refractivity contribution in [3.63, 3.8) is 0 Å². The van der Waals surface area contributed by atoms with E-state index in [1.807, 2.05) is 13.0 Å². The molecule has 0 aromatic carbocycles. The Balaban J connectivity index is 1.69. The summed E-state index contributed by atoms with van der Waals surface area (Å²) < 4.78 is 5.79. The van der Waals surface area contributed by atoms with E-state index in [9.17, 15) is 0 Å². The Morgan fingerprint density at radius 3 is 3.00 bits per heavy atom. The van der Waals surface area contributed by atoms with Crippen LogP contribution in [-0.4, -0.2) is 28.7 Å². The second kappa shape index (κ2) is 4.01. The molecule has 86 valence electrons. The Labute approximate surface area is 95.4 Å². The first kappa shape index (κ1) is 10.0. The van der Waals surface area contributed by atoms with Gasteiger partial charge in [0.2, 0.25) is 0 Å². The van der Waals surface area contributed by atoms with Crippen LogP contribution in [-0.2, 0) is 4.74 Å². The minimum Gasteiger partial charge on any atom is -0.376 e. The highest BCUT2D eigenvalue weighted by molar-refractivity contribution is 5.35. The average Bonchev–Trinajstić information content (AvgIpc) is 3.00. The van der Waals surface area contributed by atoms with Gasteiger partial charge in [-0.25, -0.2) is 9.97 Å². The van der Waals surface area contributed by atoms with Gasteiger partial charge in [0.05, 0.1) is 12.1 Å². The van der Waals surface area contributed by atoms with Crippen LogP contribution in [0.25, 0.3) is 0 Å². The first-order valence-corrected chi connectivity index (χ1v) is 6.01. The van der Waals surface area contributed by atoms with E-state index in [1.54, 1.807) is 6.20 Å². The van der Waals surface area contributed by atoms with Gasteiger partial charge in [-0.3, -0.25) is 0 Å². The number of anilines is 1. The summed E-state index contributed by atoms with van der Waals surface area (Å²) >= 11 is 0. The Morgan fingerprint density at radius 2 is 2.25 bits per heavy atom. The first-order valence-electron chi connectivity index (χ1n) is 6.01. The number of nitrogens with one attached hydrogen (secondary N) is 1. The molecule has 1 aromatic heterocycles. The van der Waals surface area contributed by atoms with Crippen LogP contribution < -0.4 is 5.32 Å². The second-order valence-electron chi connectivity index (χ2n) is 4.70. The number of hydrogen-bond acceptors (Lipinski definition) is 4. The smallest absolute Gasteiger partial charge is 0.129 e. The van der Waals surface area contributed by atoms with Gasteiger partial charge in [-0.05, 0) is 38.2 Å². The lowest BCUT2D eigenvalue weighted by Gasteiger charge is -2.19. The number of nitrogens with zero attached hydrogens (tertiary/aromatic N) is 2. The Bertz CT molecular complexity index is 378. The fourth-order valence-electron chi connectivity index (χ4n) is 2.38. The van der Waals surface area contributed by atoms with Crippen LogP contribution in [0.4, 0.5) is 5.82 Å². The molecular formula is C12H17N3O. The summed E-state index contributed by atoms with van der Waals surface area (Å²) in [5.41, 5.74) is 0. The number of aryl methyl sites for hydroxylation is 1. The van der Waals surface area contributed by atoms with E-state index in [0.717, 1.165) is 30.6 Å². The van der Waals surface area contributed by atoms with E-state index < -0.39 is 0 Å². The Morgan fingerprint density at radius 1 is 1.38 bits per heavy atom. The molecule has 0 amide bonds. The third-order valence-corrected chi connectivity index (χ3v) is 3.33. The molecule has 16 heavy (non-hydrogen) atoms. The van der Waals surface area contributed by atoms with E-state index in [2.05, 4.69) is 15.3 Å². The van der Waals surface area contributed by atoms with E-state index in [1.165, 1.54) is 12.8 Å². The van der Waals surface area contributed by atoms with Gasteiger partial charge in [0.1, 0.15) is 11.6 Å². The van der Waals surface area contributed by atoms with Crippen LogP contribution in [0, 0.1) is 12.8 Å². The maximum absolute atomic E-state index is 5.79. The van der Waals surface area contributed by atoms with Crippen molar-refractivity contribution in [3.8, 4) is 0 Å². The summed E-state index contributed by atoms with van der Waals surface area (Å²) in [4.78, 5) is 8.47. The van der Waals surface area contributed by atoms with Crippen molar-refractivity contribution >= 4 is 5.82 Å². The monoisotopic (exact) mass is 219 g/mol. The summed E-state index contributed by atoms with van der Waals surface area (Å²) in [5, 5.41) is 3.48. The molecule has 3 rings (SSSR count). The minimum absolute atomic E-state index is 0.398. The van der Waals surface area contributed by atoms with Gasteiger partial charge < -0.3 is 10.1 Å². The average molecular weight is 219 g/mol. The summed E-state index contributed by atoms with van der Waals surface area (Å²) in [7, 11) is 0. The molecule has 2 unspecified atom stereocenters. The summed E-state index contributed by atoms with van der Waals surface area (Å²) in [6.07, 6.45) is 5.93. The molecule has 4 heteroatoms. The zero-order valence-electron chi connectivity index (χ0n) is 9.52. The molecule has 1 saturated heterocycles. The van der Waals surface area contributed by atoms with Crippen molar-refractivity contribution in [1.29, 1.82) is 0 Å². The van der Waals surface area contributed by atoms with Gasteiger partial charge in [-0.1, -0.05) is 0 Å². The number of rotatable bonds is 3. The zero-order chi connectivity index (χ0) is 11.0. The summed E-state index contributed by atoms with van der Waals surface area (Å²) in [5.74, 6) is 2.52. The molecule has 4 nitrogen and oxygen atoms in total. The Hall–Kier alpha value is -1.16. The van der Waals surface area contributed by atoms with Crippen LogP contribution >= 0.6 is 0 Å². The van der Waals surface area contributed by atoms with Crippen LogP contribution in [0.1, 0.15) is 25.1 Å². The third kappa shape index (κ3) is 2.02. The standard InChI is InChI=1S/C12H17N3O/c1-8-13-6-4-11(14-8)15-10-5-7-16-12(10)9-2-3-9/h4,6,9-10,12H,2-3,5,7H2,1H3,(H,13,14,15). The van der Waals surface area contributed by atoms with Crippen LogP contribution in [0.15, 0.2) is 12.3 Å². The van der Waals surface area contributed by atoms with Crippen LogP contribution in [0.2, 0.25) is 0 Å². The van der Waals surface area contributed by atoms with E-state index >= 15 is 0 Å². The zero-order valence-corrected chi connectivity index (χ0v) is 9.52. The van der Waals surface area contributed by atoms with E-state index in [0.29, 0.717) is 12.1 Å². The first-order chi connectivity index (χ1) is 7.83. The molecule has 1 aliphatic heterocycles. The molecule has 1 N–H and O–H groups in total. The topological polar surface area (TPSA) is 47.0 Å². The van der Waals surface area contributed by atoms with E-state index in [-0.39, 0.29) is 0 Å². The van der Waals surface area contributed by atoms with Crippen molar-refractivity contribution in [1.82, 2.24) is 9.97 Å². The van der Waals surface area contributed by atoms with Crippen molar-refractivity contribution in [3.05, 3.63) is 18.1 Å². The number of hydrogen-bond donors (Lipinski definition) is 1. The molecule has 2 atom stereocenters. The lowest BCUT2D eigenvalue weighted by atomic mass is 10.1. The number of ether oxygens (including phenoxy) is 1.